The third-order valence-corrected chi connectivity index (χ3v) is 4.59. The van der Waals surface area contributed by atoms with E-state index in [0.29, 0.717) is 0 Å². The van der Waals surface area contributed by atoms with E-state index in [1.807, 2.05) is 31.3 Å². The van der Waals surface area contributed by atoms with Gasteiger partial charge in [-0.05, 0) is 65.0 Å². The summed E-state index contributed by atoms with van der Waals surface area (Å²) in [5.41, 5.74) is 2.32. The van der Waals surface area contributed by atoms with Gasteiger partial charge in [-0.25, -0.2) is 0 Å². The Morgan fingerprint density at radius 2 is 1.89 bits per heavy atom. The van der Waals surface area contributed by atoms with E-state index in [1.165, 1.54) is 9.13 Å². The molecule has 4 heteroatoms. The Labute approximate surface area is 134 Å². The van der Waals surface area contributed by atoms with Crippen molar-refractivity contribution in [3.05, 3.63) is 66.7 Å². The minimum Gasteiger partial charge on any atom is -0.309 e. The minimum absolute atomic E-state index is 0.100. The summed E-state index contributed by atoms with van der Waals surface area (Å²) >= 11 is 12.2. The molecule has 18 heavy (non-hydrogen) atoms. The second-order valence-electron chi connectivity index (χ2n) is 3.91. The first kappa shape index (κ1) is 14.3. The molecule has 0 saturated carbocycles. The molecule has 1 unspecified atom stereocenters. The van der Waals surface area contributed by atoms with Crippen molar-refractivity contribution >= 4 is 50.1 Å². The molecule has 0 fully saturated rings. The maximum atomic E-state index is 6.29. The fraction of sp³-hybridized carbons (Fsp3) is 0.143. The molecule has 1 atom stereocenters. The zero-order valence-electron chi connectivity index (χ0n) is 9.75. The van der Waals surface area contributed by atoms with Crippen LogP contribution in [-0.4, -0.2) is 7.05 Å². The number of nitrogens with one attached hydrogen (secondary N) is 1. The molecule has 0 aromatic heterocycles. The van der Waals surface area contributed by atoms with Crippen LogP contribution in [0.1, 0.15) is 17.2 Å². The maximum absolute atomic E-state index is 6.29. The van der Waals surface area contributed by atoms with E-state index in [0.717, 1.165) is 15.1 Å². The lowest BCUT2D eigenvalue weighted by molar-refractivity contribution is 0.688. The Hall–Kier alpha value is -0.100. The largest absolute Gasteiger partial charge is 0.309 e. The first-order valence-corrected chi connectivity index (χ1v) is 7.75. The van der Waals surface area contributed by atoms with E-state index in [-0.39, 0.29) is 6.04 Å². The summed E-state index contributed by atoms with van der Waals surface area (Å²) in [4.78, 5) is 0. The third-order valence-electron chi connectivity index (χ3n) is 2.77. The molecule has 0 amide bonds. The highest BCUT2D eigenvalue weighted by Gasteiger charge is 2.17. The fourth-order valence-corrected chi connectivity index (χ4v) is 3.19. The van der Waals surface area contributed by atoms with E-state index < -0.39 is 0 Å². The smallest absolute Gasteiger partial charge is 0.0599 e. The lowest BCUT2D eigenvalue weighted by Crippen LogP contribution is -2.19. The monoisotopic (exact) mass is 435 g/mol. The van der Waals surface area contributed by atoms with Gasteiger partial charge in [-0.3, -0.25) is 0 Å². The third kappa shape index (κ3) is 3.07. The Bertz CT molecular complexity index is 559. The summed E-state index contributed by atoms with van der Waals surface area (Å²) in [7, 11) is 1.95. The Morgan fingerprint density at radius 3 is 2.56 bits per heavy atom. The molecule has 2 rings (SSSR count). The molecule has 0 aliphatic heterocycles. The van der Waals surface area contributed by atoms with E-state index in [1.54, 1.807) is 0 Å². The zero-order valence-corrected chi connectivity index (χ0v) is 14.3. The summed E-state index contributed by atoms with van der Waals surface area (Å²) in [5, 5.41) is 4.12. The lowest BCUT2D eigenvalue weighted by atomic mass is 9.99. The predicted octanol–water partition coefficient (Wildman–Crippen LogP) is 5.02. The second kappa shape index (κ2) is 6.37. The molecule has 0 saturated heterocycles. The predicted molar refractivity (Wildman–Crippen MR) is 89.2 cm³/mol. The Balaban J connectivity index is 2.52. The van der Waals surface area contributed by atoms with Crippen LogP contribution in [0.15, 0.2) is 46.9 Å². The normalized spacial score (nSPS) is 12.4. The van der Waals surface area contributed by atoms with Gasteiger partial charge in [0.15, 0.2) is 0 Å². The van der Waals surface area contributed by atoms with Gasteiger partial charge in [0, 0.05) is 13.1 Å². The van der Waals surface area contributed by atoms with Crippen molar-refractivity contribution < 1.29 is 0 Å². The van der Waals surface area contributed by atoms with Crippen molar-refractivity contribution in [2.75, 3.05) is 7.05 Å². The van der Waals surface area contributed by atoms with Crippen LogP contribution in [-0.2, 0) is 0 Å². The first-order chi connectivity index (χ1) is 8.63. The molecule has 94 valence electrons. The van der Waals surface area contributed by atoms with Gasteiger partial charge in [-0.15, -0.1) is 0 Å². The summed E-state index contributed by atoms with van der Waals surface area (Å²) < 4.78 is 2.29. The molecule has 0 aliphatic carbocycles. The average molecular weight is 437 g/mol. The van der Waals surface area contributed by atoms with Crippen molar-refractivity contribution in [1.29, 1.82) is 0 Å². The minimum atomic E-state index is 0.100. The van der Waals surface area contributed by atoms with Crippen LogP contribution >= 0.6 is 50.1 Å². The Kier molecular flexibility index (Phi) is 5.06. The molecule has 1 N–H and O–H groups in total. The fourth-order valence-electron chi connectivity index (χ4n) is 1.92. The van der Waals surface area contributed by atoms with E-state index in [9.17, 15) is 0 Å². The number of benzene rings is 2. The van der Waals surface area contributed by atoms with Crippen molar-refractivity contribution in [2.45, 2.75) is 6.04 Å². The van der Waals surface area contributed by atoms with Crippen LogP contribution in [0.25, 0.3) is 0 Å². The zero-order chi connectivity index (χ0) is 13.1. The van der Waals surface area contributed by atoms with Crippen molar-refractivity contribution in [1.82, 2.24) is 5.32 Å². The van der Waals surface area contributed by atoms with Crippen LogP contribution < -0.4 is 5.32 Å². The van der Waals surface area contributed by atoms with Gasteiger partial charge < -0.3 is 5.32 Å². The van der Waals surface area contributed by atoms with Gasteiger partial charge >= 0.3 is 0 Å². The molecule has 0 aliphatic rings. The van der Waals surface area contributed by atoms with Gasteiger partial charge in [-0.1, -0.05) is 45.7 Å². The van der Waals surface area contributed by atoms with Gasteiger partial charge in [0.2, 0.25) is 0 Å². The van der Waals surface area contributed by atoms with Gasteiger partial charge in [0.25, 0.3) is 0 Å². The van der Waals surface area contributed by atoms with Crippen LogP contribution in [0.5, 0.6) is 0 Å². The van der Waals surface area contributed by atoms with Crippen LogP contribution in [0.2, 0.25) is 5.02 Å². The summed E-state index contributed by atoms with van der Waals surface area (Å²) in [6, 6.07) is 14.3. The van der Waals surface area contributed by atoms with E-state index in [2.05, 4.69) is 62.0 Å². The van der Waals surface area contributed by atoms with Crippen molar-refractivity contribution in [2.24, 2.45) is 0 Å². The van der Waals surface area contributed by atoms with Gasteiger partial charge in [-0.2, -0.15) is 0 Å². The quantitative estimate of drug-likeness (QED) is 0.667. The number of hydrogen-bond acceptors (Lipinski definition) is 1. The van der Waals surface area contributed by atoms with Gasteiger partial charge in [0.1, 0.15) is 0 Å². The van der Waals surface area contributed by atoms with Crippen LogP contribution in [0.3, 0.4) is 0 Å². The standard InChI is InChI=1S/C14H12BrClIN/c1-18-14(10-4-2-3-5-12(10)16)11-8-9(15)6-7-13(11)17/h2-8,14,18H,1H3. The number of rotatable bonds is 3. The average Bonchev–Trinajstić information content (AvgIpc) is 2.36. The lowest BCUT2D eigenvalue weighted by Gasteiger charge is -2.20. The molecule has 0 spiro atoms. The first-order valence-electron chi connectivity index (χ1n) is 5.50. The second-order valence-corrected chi connectivity index (χ2v) is 6.39. The summed E-state index contributed by atoms with van der Waals surface area (Å²) in [5.74, 6) is 0. The van der Waals surface area contributed by atoms with Crippen molar-refractivity contribution in [3.8, 4) is 0 Å². The molecule has 2 aromatic carbocycles. The van der Waals surface area contributed by atoms with Gasteiger partial charge in [0.05, 0.1) is 6.04 Å². The van der Waals surface area contributed by atoms with Crippen molar-refractivity contribution in [3.63, 3.8) is 0 Å². The molecular weight excluding hydrogens is 424 g/mol. The SMILES string of the molecule is CNC(c1ccccc1Cl)c1cc(Br)ccc1I. The highest BCUT2D eigenvalue weighted by molar-refractivity contribution is 14.1. The molecular formula is C14H12BrClIN. The summed E-state index contributed by atoms with van der Waals surface area (Å²) in [6.07, 6.45) is 0. The van der Waals surface area contributed by atoms with Crippen LogP contribution in [0, 0.1) is 3.57 Å². The molecule has 0 bridgehead atoms. The highest BCUT2D eigenvalue weighted by atomic mass is 127. The maximum Gasteiger partial charge on any atom is 0.0599 e. The van der Waals surface area contributed by atoms with Crippen LogP contribution in [0.4, 0.5) is 0 Å². The van der Waals surface area contributed by atoms with E-state index >= 15 is 0 Å². The topological polar surface area (TPSA) is 12.0 Å². The number of hydrogen-bond donors (Lipinski definition) is 1. The molecule has 0 radical (unpaired) electrons. The highest BCUT2D eigenvalue weighted by Crippen LogP contribution is 2.32. The number of halogens is 3. The molecule has 2 aromatic rings. The molecule has 1 nitrogen and oxygen atoms in total. The molecule has 0 heterocycles. The summed E-state index contributed by atoms with van der Waals surface area (Å²) in [6.45, 7) is 0. The van der Waals surface area contributed by atoms with E-state index in [4.69, 9.17) is 11.6 Å². The Morgan fingerprint density at radius 1 is 1.17 bits per heavy atom.